The average molecular weight is 145 g/mol. The molecule has 0 aliphatic rings. The van der Waals surface area contributed by atoms with Crippen LogP contribution in [0.5, 0.6) is 0 Å². The molecule has 0 spiro atoms. The van der Waals surface area contributed by atoms with Crippen LogP contribution in [0.15, 0.2) is 30.7 Å². The highest BCUT2D eigenvalue weighted by atomic mass is 14.8. The first-order valence-corrected chi connectivity index (χ1v) is 3.32. The van der Waals surface area contributed by atoms with E-state index in [0.29, 0.717) is 5.69 Å². The summed E-state index contributed by atoms with van der Waals surface area (Å²) in [5.74, 6) is 0. The minimum absolute atomic E-state index is 0.628. The van der Waals surface area contributed by atoms with Gasteiger partial charge in [0, 0.05) is 17.8 Å². The zero-order valence-electron chi connectivity index (χ0n) is 5.86. The quantitative estimate of drug-likeness (QED) is 0.606. The van der Waals surface area contributed by atoms with Crippen molar-refractivity contribution in [3.63, 3.8) is 0 Å². The molecule has 2 rings (SSSR count). The molecule has 11 heavy (non-hydrogen) atoms. The summed E-state index contributed by atoms with van der Waals surface area (Å²) in [5.41, 5.74) is 7.08. The van der Waals surface area contributed by atoms with Gasteiger partial charge in [-0.1, -0.05) is 0 Å². The van der Waals surface area contributed by atoms with Crippen LogP contribution in [0.25, 0.3) is 10.9 Å². The fourth-order valence-corrected chi connectivity index (χ4v) is 1.02. The average Bonchev–Trinajstić information content (AvgIpc) is 2.06. The molecule has 2 aromatic rings. The van der Waals surface area contributed by atoms with Crippen molar-refractivity contribution in [3.8, 4) is 0 Å². The van der Waals surface area contributed by atoms with Gasteiger partial charge in [-0.25, -0.2) is 0 Å². The summed E-state index contributed by atoms with van der Waals surface area (Å²) in [5, 5.41) is 0.979. The molecule has 2 N–H and O–H groups in total. The number of fused-ring (bicyclic) bond motifs is 1. The van der Waals surface area contributed by atoms with E-state index in [0.717, 1.165) is 10.9 Å². The predicted molar refractivity (Wildman–Crippen MR) is 44.0 cm³/mol. The van der Waals surface area contributed by atoms with E-state index in [1.807, 2.05) is 12.1 Å². The third-order valence-corrected chi connectivity index (χ3v) is 1.54. The Morgan fingerprint density at radius 2 is 2.18 bits per heavy atom. The Labute approximate surface area is 63.9 Å². The molecule has 0 amide bonds. The maximum Gasteiger partial charge on any atom is 0.0962 e. The Bertz CT molecular complexity index is 378. The van der Waals surface area contributed by atoms with E-state index in [9.17, 15) is 0 Å². The number of rotatable bonds is 0. The molecule has 0 aromatic carbocycles. The molecule has 2 aromatic heterocycles. The van der Waals surface area contributed by atoms with Crippen LogP contribution in [0.3, 0.4) is 0 Å². The van der Waals surface area contributed by atoms with E-state index in [2.05, 4.69) is 9.97 Å². The Morgan fingerprint density at radius 3 is 3.00 bits per heavy atom. The van der Waals surface area contributed by atoms with Gasteiger partial charge in [0.2, 0.25) is 0 Å². The Kier molecular flexibility index (Phi) is 1.22. The van der Waals surface area contributed by atoms with Crippen LogP contribution >= 0.6 is 0 Å². The molecule has 0 atom stereocenters. The van der Waals surface area contributed by atoms with Gasteiger partial charge in [0.15, 0.2) is 0 Å². The van der Waals surface area contributed by atoms with Crippen LogP contribution < -0.4 is 5.73 Å². The summed E-state index contributed by atoms with van der Waals surface area (Å²) >= 11 is 0. The first-order chi connectivity index (χ1) is 5.38. The van der Waals surface area contributed by atoms with Crippen LogP contribution in [0, 0.1) is 0 Å². The summed E-state index contributed by atoms with van der Waals surface area (Å²) < 4.78 is 0. The van der Waals surface area contributed by atoms with Gasteiger partial charge in [0.1, 0.15) is 0 Å². The molecule has 0 saturated carbocycles. The number of nitrogens with two attached hydrogens (primary N) is 1. The second kappa shape index (κ2) is 2.20. The van der Waals surface area contributed by atoms with E-state index >= 15 is 0 Å². The summed E-state index contributed by atoms with van der Waals surface area (Å²) in [6.07, 6.45) is 5.08. The lowest BCUT2D eigenvalue weighted by atomic mass is 10.2. The van der Waals surface area contributed by atoms with Gasteiger partial charge < -0.3 is 5.73 Å². The first kappa shape index (κ1) is 6.09. The van der Waals surface area contributed by atoms with Crippen LogP contribution in [-0.2, 0) is 0 Å². The summed E-state index contributed by atoms with van der Waals surface area (Å²) in [7, 11) is 0. The smallest absolute Gasteiger partial charge is 0.0962 e. The van der Waals surface area contributed by atoms with Crippen molar-refractivity contribution < 1.29 is 0 Å². The van der Waals surface area contributed by atoms with E-state index in [1.165, 1.54) is 0 Å². The van der Waals surface area contributed by atoms with Crippen molar-refractivity contribution in [3.05, 3.63) is 30.7 Å². The minimum atomic E-state index is 0.628. The molecule has 0 aliphatic carbocycles. The van der Waals surface area contributed by atoms with Crippen LogP contribution in [0.4, 0.5) is 5.69 Å². The highest BCUT2D eigenvalue weighted by molar-refractivity contribution is 5.87. The number of pyridine rings is 2. The van der Waals surface area contributed by atoms with Crippen molar-refractivity contribution in [2.45, 2.75) is 0 Å². The van der Waals surface area contributed by atoms with Crippen molar-refractivity contribution in [1.29, 1.82) is 0 Å². The van der Waals surface area contributed by atoms with Gasteiger partial charge in [0.05, 0.1) is 17.4 Å². The number of aromatic nitrogens is 2. The first-order valence-electron chi connectivity index (χ1n) is 3.32. The van der Waals surface area contributed by atoms with Crippen molar-refractivity contribution >= 4 is 16.6 Å². The van der Waals surface area contributed by atoms with E-state index in [4.69, 9.17) is 5.73 Å². The SMILES string of the molecule is Nc1cncc2cccnc12. The molecular formula is C8H7N3. The Hall–Kier alpha value is -1.64. The molecule has 3 heteroatoms. The number of hydrogen-bond acceptors (Lipinski definition) is 3. The third kappa shape index (κ3) is 0.902. The standard InChI is InChI=1S/C8H7N3/c9-7-5-10-4-6-2-1-3-11-8(6)7/h1-5H,9H2. The third-order valence-electron chi connectivity index (χ3n) is 1.54. The molecule has 3 nitrogen and oxygen atoms in total. The monoisotopic (exact) mass is 145 g/mol. The summed E-state index contributed by atoms with van der Waals surface area (Å²) in [6, 6.07) is 3.80. The van der Waals surface area contributed by atoms with Gasteiger partial charge >= 0.3 is 0 Å². The second-order valence-electron chi connectivity index (χ2n) is 2.30. The molecule has 0 fully saturated rings. The lowest BCUT2D eigenvalue weighted by Gasteiger charge is -1.96. The fraction of sp³-hybridized carbons (Fsp3) is 0. The maximum absolute atomic E-state index is 5.63. The Balaban J connectivity index is 2.91. The van der Waals surface area contributed by atoms with E-state index < -0.39 is 0 Å². The number of anilines is 1. The zero-order valence-corrected chi connectivity index (χ0v) is 5.86. The van der Waals surface area contributed by atoms with Crippen LogP contribution in [0.2, 0.25) is 0 Å². The van der Waals surface area contributed by atoms with Gasteiger partial charge in [-0.3, -0.25) is 9.97 Å². The summed E-state index contributed by atoms with van der Waals surface area (Å²) in [6.45, 7) is 0. The van der Waals surface area contributed by atoms with Crippen LogP contribution in [0.1, 0.15) is 0 Å². The molecule has 0 bridgehead atoms. The van der Waals surface area contributed by atoms with Gasteiger partial charge in [-0.15, -0.1) is 0 Å². The molecule has 0 aliphatic heterocycles. The lowest BCUT2D eigenvalue weighted by molar-refractivity contribution is 1.33. The van der Waals surface area contributed by atoms with E-state index in [1.54, 1.807) is 18.6 Å². The van der Waals surface area contributed by atoms with Crippen molar-refractivity contribution in [2.75, 3.05) is 5.73 Å². The predicted octanol–water partition coefficient (Wildman–Crippen LogP) is 1.21. The molecule has 54 valence electrons. The summed E-state index contributed by atoms with van der Waals surface area (Å²) in [4.78, 5) is 8.06. The Morgan fingerprint density at radius 1 is 1.27 bits per heavy atom. The molecule has 2 heterocycles. The molecular weight excluding hydrogens is 138 g/mol. The lowest BCUT2D eigenvalue weighted by Crippen LogP contribution is -1.89. The highest BCUT2D eigenvalue weighted by Gasteiger charge is 1.95. The molecule has 0 radical (unpaired) electrons. The highest BCUT2D eigenvalue weighted by Crippen LogP contribution is 2.14. The molecule has 0 unspecified atom stereocenters. The maximum atomic E-state index is 5.63. The van der Waals surface area contributed by atoms with Crippen molar-refractivity contribution in [2.24, 2.45) is 0 Å². The number of hydrogen-bond donors (Lipinski definition) is 1. The zero-order chi connectivity index (χ0) is 7.68. The topological polar surface area (TPSA) is 51.8 Å². The number of nitrogens with zero attached hydrogens (tertiary/aromatic N) is 2. The fourth-order valence-electron chi connectivity index (χ4n) is 1.02. The number of nitrogen functional groups attached to an aromatic ring is 1. The molecule has 0 saturated heterocycles. The van der Waals surface area contributed by atoms with Gasteiger partial charge in [0.25, 0.3) is 0 Å². The normalized spacial score (nSPS) is 10.2. The van der Waals surface area contributed by atoms with Crippen molar-refractivity contribution in [1.82, 2.24) is 9.97 Å². The van der Waals surface area contributed by atoms with E-state index in [-0.39, 0.29) is 0 Å². The second-order valence-corrected chi connectivity index (χ2v) is 2.30. The van der Waals surface area contributed by atoms with Gasteiger partial charge in [-0.05, 0) is 12.1 Å². The minimum Gasteiger partial charge on any atom is -0.396 e. The van der Waals surface area contributed by atoms with Crippen LogP contribution in [-0.4, -0.2) is 9.97 Å². The largest absolute Gasteiger partial charge is 0.396 e. The van der Waals surface area contributed by atoms with Gasteiger partial charge in [-0.2, -0.15) is 0 Å².